The van der Waals surface area contributed by atoms with Crippen molar-refractivity contribution in [3.05, 3.63) is 48.9 Å². The van der Waals surface area contributed by atoms with Crippen LogP contribution in [0.25, 0.3) is 28.8 Å². The lowest BCUT2D eigenvalue weighted by Gasteiger charge is -2.14. The van der Waals surface area contributed by atoms with Crippen molar-refractivity contribution in [1.82, 2.24) is 25.2 Å². The van der Waals surface area contributed by atoms with E-state index in [1.807, 2.05) is 0 Å². The maximum atomic E-state index is 14.7. The fraction of sp³-hybridized carbons (Fsp3) is 0.167. The van der Waals surface area contributed by atoms with Crippen LogP contribution in [-0.2, 0) is 4.74 Å². The lowest BCUT2D eigenvalue weighted by molar-refractivity contribution is 0.0963. The third kappa shape index (κ3) is 3.21. The molecular formula is C18H15FN6O3. The Morgan fingerprint density at radius 1 is 1.36 bits per heavy atom. The summed E-state index contributed by atoms with van der Waals surface area (Å²) >= 11 is 0. The minimum Gasteiger partial charge on any atom is -0.441 e. The zero-order chi connectivity index (χ0) is 19.7. The molecule has 1 aromatic carbocycles. The molecule has 10 heteroatoms. The number of carbonyl (C=O) groups excluding carboxylic acids is 1. The average Bonchev–Trinajstić information content (AvgIpc) is 3.34. The zero-order valence-corrected chi connectivity index (χ0v) is 14.6. The first-order chi connectivity index (χ1) is 13.6. The van der Waals surface area contributed by atoms with Crippen LogP contribution in [0.4, 0.5) is 14.9 Å². The summed E-state index contributed by atoms with van der Waals surface area (Å²) in [4.78, 5) is 18.6. The topological polar surface area (TPSA) is 106 Å². The summed E-state index contributed by atoms with van der Waals surface area (Å²) in [6.45, 7) is 3.43. The molecule has 2 aromatic heterocycles. The smallest absolute Gasteiger partial charge is 0.414 e. The predicted octanol–water partition coefficient (Wildman–Crippen LogP) is 1.96. The van der Waals surface area contributed by atoms with Crippen molar-refractivity contribution in [1.29, 1.82) is 0 Å². The van der Waals surface area contributed by atoms with Crippen LogP contribution in [0.1, 0.15) is 0 Å². The molecule has 1 saturated heterocycles. The molecule has 1 aliphatic rings. The molecule has 0 spiro atoms. The van der Waals surface area contributed by atoms with Gasteiger partial charge in [-0.1, -0.05) is 12.6 Å². The summed E-state index contributed by atoms with van der Waals surface area (Å²) in [7, 11) is 0. The summed E-state index contributed by atoms with van der Waals surface area (Å²) in [5, 5.41) is 20.8. The minimum absolute atomic E-state index is 0.169. The van der Waals surface area contributed by atoms with E-state index in [2.05, 4.69) is 27.0 Å². The number of hydrogen-bond donors (Lipinski definition) is 1. The third-order valence-electron chi connectivity index (χ3n) is 4.24. The molecule has 0 bridgehead atoms. The molecule has 0 radical (unpaired) electrons. The number of aromatic nitrogens is 5. The first-order valence-corrected chi connectivity index (χ1v) is 8.36. The predicted molar refractivity (Wildman–Crippen MR) is 97.5 cm³/mol. The van der Waals surface area contributed by atoms with Gasteiger partial charge in [-0.25, -0.2) is 9.18 Å². The van der Waals surface area contributed by atoms with Crippen LogP contribution in [0.5, 0.6) is 0 Å². The van der Waals surface area contributed by atoms with Gasteiger partial charge in [-0.05, 0) is 29.5 Å². The van der Waals surface area contributed by atoms with Crippen molar-refractivity contribution in [2.45, 2.75) is 6.10 Å². The Kier molecular flexibility index (Phi) is 4.53. The number of benzene rings is 1. The summed E-state index contributed by atoms with van der Waals surface area (Å²) in [5.41, 5.74) is 1.73. The van der Waals surface area contributed by atoms with Crippen LogP contribution < -0.4 is 4.90 Å². The highest BCUT2D eigenvalue weighted by Gasteiger charge is 2.32. The number of amides is 1. The monoisotopic (exact) mass is 382 g/mol. The van der Waals surface area contributed by atoms with Crippen LogP contribution in [0.2, 0.25) is 0 Å². The first kappa shape index (κ1) is 17.7. The second-order valence-corrected chi connectivity index (χ2v) is 6.01. The third-order valence-corrected chi connectivity index (χ3v) is 4.24. The van der Waals surface area contributed by atoms with Gasteiger partial charge in [0.2, 0.25) is 5.82 Å². The number of ether oxygens (including phenoxy) is 1. The lowest BCUT2D eigenvalue weighted by Crippen LogP contribution is -2.25. The van der Waals surface area contributed by atoms with Gasteiger partial charge in [0.15, 0.2) is 0 Å². The molecule has 0 saturated carbocycles. The van der Waals surface area contributed by atoms with Crippen molar-refractivity contribution in [3.63, 3.8) is 0 Å². The Bertz CT molecular complexity index is 1040. The second kappa shape index (κ2) is 7.16. The zero-order valence-electron chi connectivity index (χ0n) is 14.6. The number of aliphatic hydroxyl groups is 1. The number of rotatable bonds is 5. The summed E-state index contributed by atoms with van der Waals surface area (Å²) in [6, 6.07) is 7.79. The van der Waals surface area contributed by atoms with Crippen LogP contribution in [0.3, 0.4) is 0 Å². The minimum atomic E-state index is -0.614. The fourth-order valence-corrected chi connectivity index (χ4v) is 2.82. The molecule has 3 heterocycles. The number of halogens is 1. The number of hydrogen-bond acceptors (Lipinski definition) is 7. The second-order valence-electron chi connectivity index (χ2n) is 6.01. The van der Waals surface area contributed by atoms with Gasteiger partial charge in [-0.3, -0.25) is 9.88 Å². The summed E-state index contributed by atoms with van der Waals surface area (Å²) in [5.74, 6) is -0.184. The molecule has 1 atom stereocenters. The first-order valence-electron chi connectivity index (χ1n) is 8.36. The molecule has 9 nitrogen and oxygen atoms in total. The summed E-state index contributed by atoms with van der Waals surface area (Å²) in [6.07, 6.45) is 1.69. The summed E-state index contributed by atoms with van der Waals surface area (Å²) < 4.78 is 19.6. The molecule has 0 aliphatic carbocycles. The SMILES string of the molecule is C=Cn1nnc(-c2ccc(-c3ccc(N4C[C@H](CO)OC4=O)cc3F)cn2)n1. The van der Waals surface area contributed by atoms with E-state index in [4.69, 9.17) is 9.84 Å². The van der Waals surface area contributed by atoms with E-state index < -0.39 is 18.0 Å². The van der Waals surface area contributed by atoms with Gasteiger partial charge < -0.3 is 9.84 Å². The van der Waals surface area contributed by atoms with E-state index in [0.29, 0.717) is 28.3 Å². The Hall–Kier alpha value is -3.66. The Balaban J connectivity index is 1.58. The largest absolute Gasteiger partial charge is 0.441 e. The molecule has 1 fully saturated rings. The molecule has 0 unspecified atom stereocenters. The van der Waals surface area contributed by atoms with Crippen molar-refractivity contribution >= 4 is 18.0 Å². The quantitative estimate of drug-likeness (QED) is 0.719. The van der Waals surface area contributed by atoms with Crippen LogP contribution in [-0.4, -0.2) is 55.6 Å². The maximum absolute atomic E-state index is 14.7. The van der Waals surface area contributed by atoms with Gasteiger partial charge in [0, 0.05) is 23.5 Å². The van der Waals surface area contributed by atoms with Gasteiger partial charge in [0.1, 0.15) is 17.6 Å². The van der Waals surface area contributed by atoms with Crippen molar-refractivity contribution in [2.24, 2.45) is 0 Å². The Labute approximate surface area is 158 Å². The number of cyclic esters (lactones) is 1. The van der Waals surface area contributed by atoms with Crippen LogP contribution >= 0.6 is 0 Å². The normalized spacial score (nSPS) is 16.3. The highest BCUT2D eigenvalue weighted by atomic mass is 19.1. The van der Waals surface area contributed by atoms with Gasteiger partial charge in [-0.15, -0.1) is 15.0 Å². The van der Waals surface area contributed by atoms with Gasteiger partial charge in [0.05, 0.1) is 18.8 Å². The number of aliphatic hydroxyl groups excluding tert-OH is 1. The number of carbonyl (C=O) groups is 1. The van der Waals surface area contributed by atoms with Gasteiger partial charge in [-0.2, -0.15) is 0 Å². The van der Waals surface area contributed by atoms with Gasteiger partial charge in [0.25, 0.3) is 0 Å². The molecule has 1 N–H and O–H groups in total. The van der Waals surface area contributed by atoms with E-state index >= 15 is 0 Å². The Morgan fingerprint density at radius 3 is 2.82 bits per heavy atom. The number of nitrogens with zero attached hydrogens (tertiary/aromatic N) is 6. The molecule has 142 valence electrons. The molecule has 4 rings (SSSR count). The average molecular weight is 382 g/mol. The lowest BCUT2D eigenvalue weighted by atomic mass is 10.1. The van der Waals surface area contributed by atoms with E-state index in [0.717, 1.165) is 0 Å². The maximum Gasteiger partial charge on any atom is 0.414 e. The molecule has 1 amide bonds. The fourth-order valence-electron chi connectivity index (χ4n) is 2.82. The number of tetrazole rings is 1. The van der Waals surface area contributed by atoms with Crippen LogP contribution in [0, 0.1) is 5.82 Å². The molecule has 1 aliphatic heterocycles. The Morgan fingerprint density at radius 2 is 2.21 bits per heavy atom. The van der Waals surface area contributed by atoms with Crippen LogP contribution in [0.15, 0.2) is 43.1 Å². The van der Waals surface area contributed by atoms with Crippen molar-refractivity contribution < 1.29 is 19.0 Å². The van der Waals surface area contributed by atoms with Crippen molar-refractivity contribution in [3.8, 4) is 22.6 Å². The van der Waals surface area contributed by atoms with Gasteiger partial charge >= 0.3 is 6.09 Å². The standard InChI is InChI=1S/C18H15FN6O3/c1-2-25-22-17(21-23-25)16-6-3-11(8-20-16)14-5-4-12(7-15(14)19)24-9-13(10-26)28-18(24)27/h2-8,13,26H,1,9-10H2/t13-/m1/s1. The van der Waals surface area contributed by atoms with E-state index in [9.17, 15) is 9.18 Å². The highest BCUT2D eigenvalue weighted by Crippen LogP contribution is 2.29. The van der Waals surface area contributed by atoms with E-state index in [1.54, 1.807) is 24.3 Å². The highest BCUT2D eigenvalue weighted by molar-refractivity contribution is 5.90. The molecule has 28 heavy (non-hydrogen) atoms. The van der Waals surface area contributed by atoms with E-state index in [-0.39, 0.29) is 13.2 Å². The number of anilines is 1. The van der Waals surface area contributed by atoms with E-state index in [1.165, 1.54) is 28.2 Å². The van der Waals surface area contributed by atoms with Crippen molar-refractivity contribution in [2.75, 3.05) is 18.1 Å². The number of pyridine rings is 1. The molecule has 3 aromatic rings. The molecular weight excluding hydrogens is 367 g/mol.